The van der Waals surface area contributed by atoms with Crippen molar-refractivity contribution in [3.05, 3.63) is 23.8 Å². The maximum Gasteiger partial charge on any atom is 0.231 e. The summed E-state index contributed by atoms with van der Waals surface area (Å²) >= 11 is 0. The number of halogens is 1. The number of ether oxygens (including phenoxy) is 3. The van der Waals surface area contributed by atoms with Crippen LogP contribution in [0.25, 0.3) is 0 Å². The highest BCUT2D eigenvalue weighted by Crippen LogP contribution is 2.40. The Hall–Kier alpha value is -1.22. The average molecular weight is 461 g/mol. The van der Waals surface area contributed by atoms with Crippen LogP contribution >= 0.6 is 24.0 Å². The van der Waals surface area contributed by atoms with Gasteiger partial charge in [-0.2, -0.15) is 0 Å². The Bertz CT molecular complexity index is 589. The Labute approximate surface area is 166 Å². The molecule has 0 aliphatic carbocycles. The van der Waals surface area contributed by atoms with Crippen LogP contribution in [0.1, 0.15) is 31.7 Å². The van der Waals surface area contributed by atoms with Gasteiger partial charge in [0.1, 0.15) is 0 Å². The van der Waals surface area contributed by atoms with Crippen molar-refractivity contribution < 1.29 is 14.2 Å². The first-order valence-corrected chi connectivity index (χ1v) is 8.70. The number of hydrogen-bond donors (Lipinski definition) is 2. The number of hydrogen-bond acceptors (Lipinski definition) is 4. The van der Waals surface area contributed by atoms with Crippen molar-refractivity contribution >= 4 is 29.9 Å². The molecule has 140 valence electrons. The third kappa shape index (κ3) is 4.69. The third-order valence-corrected chi connectivity index (χ3v) is 4.80. The second-order valence-electron chi connectivity index (χ2n) is 6.31. The van der Waals surface area contributed by atoms with Gasteiger partial charge < -0.3 is 24.8 Å². The van der Waals surface area contributed by atoms with E-state index in [0.29, 0.717) is 6.79 Å². The second-order valence-corrected chi connectivity index (χ2v) is 6.31. The molecule has 0 saturated carbocycles. The van der Waals surface area contributed by atoms with Gasteiger partial charge in [0, 0.05) is 38.8 Å². The highest BCUT2D eigenvalue weighted by atomic mass is 127. The molecular formula is C18H28IN3O3. The number of rotatable bonds is 5. The smallest absolute Gasteiger partial charge is 0.231 e. The van der Waals surface area contributed by atoms with E-state index in [0.717, 1.165) is 63.0 Å². The lowest BCUT2D eigenvalue weighted by Gasteiger charge is -2.38. The van der Waals surface area contributed by atoms with Gasteiger partial charge in [-0.3, -0.25) is 4.99 Å². The van der Waals surface area contributed by atoms with E-state index in [1.807, 2.05) is 13.1 Å². The number of aliphatic imine (C=N–C) groups is 1. The Kier molecular flexibility index (Phi) is 7.61. The molecule has 3 rings (SSSR count). The van der Waals surface area contributed by atoms with Crippen molar-refractivity contribution in [1.29, 1.82) is 0 Å². The number of benzene rings is 1. The highest BCUT2D eigenvalue weighted by Gasteiger charge is 2.35. The van der Waals surface area contributed by atoms with Crippen molar-refractivity contribution in [3.8, 4) is 11.5 Å². The first-order valence-electron chi connectivity index (χ1n) is 8.70. The van der Waals surface area contributed by atoms with Crippen molar-refractivity contribution in [1.82, 2.24) is 10.6 Å². The van der Waals surface area contributed by atoms with Gasteiger partial charge in [-0.25, -0.2) is 0 Å². The van der Waals surface area contributed by atoms with Gasteiger partial charge in [-0.05, 0) is 37.0 Å². The van der Waals surface area contributed by atoms with E-state index in [-0.39, 0.29) is 29.4 Å². The van der Waals surface area contributed by atoms with Crippen LogP contribution < -0.4 is 20.1 Å². The summed E-state index contributed by atoms with van der Waals surface area (Å²) in [6, 6.07) is 6.29. The van der Waals surface area contributed by atoms with Crippen LogP contribution in [0.15, 0.2) is 23.2 Å². The number of nitrogens with one attached hydrogen (secondary N) is 2. The minimum atomic E-state index is 0. The van der Waals surface area contributed by atoms with Gasteiger partial charge >= 0.3 is 0 Å². The van der Waals surface area contributed by atoms with Crippen molar-refractivity contribution in [3.63, 3.8) is 0 Å². The number of fused-ring (bicyclic) bond motifs is 1. The van der Waals surface area contributed by atoms with E-state index in [1.54, 1.807) is 0 Å². The summed E-state index contributed by atoms with van der Waals surface area (Å²) in [5.41, 5.74) is 1.29. The van der Waals surface area contributed by atoms with E-state index in [9.17, 15) is 0 Å². The molecule has 0 radical (unpaired) electrons. The summed E-state index contributed by atoms with van der Waals surface area (Å²) in [6.45, 7) is 5.74. The quantitative estimate of drug-likeness (QED) is 0.401. The molecule has 1 saturated heterocycles. The largest absolute Gasteiger partial charge is 0.454 e. The van der Waals surface area contributed by atoms with E-state index in [2.05, 4.69) is 34.7 Å². The lowest BCUT2D eigenvalue weighted by Crippen LogP contribution is -2.48. The zero-order valence-corrected chi connectivity index (χ0v) is 17.3. The zero-order valence-electron chi connectivity index (χ0n) is 15.0. The molecular weight excluding hydrogens is 433 g/mol. The number of guanidine groups is 1. The molecule has 0 amide bonds. The summed E-state index contributed by atoms with van der Waals surface area (Å²) in [7, 11) is 1.81. The predicted molar refractivity (Wildman–Crippen MR) is 109 cm³/mol. The molecule has 0 bridgehead atoms. The van der Waals surface area contributed by atoms with E-state index >= 15 is 0 Å². The van der Waals surface area contributed by atoms with Crippen LogP contribution in [0.3, 0.4) is 0 Å². The molecule has 1 aromatic rings. The zero-order chi connectivity index (χ0) is 16.8. The van der Waals surface area contributed by atoms with E-state index in [1.165, 1.54) is 5.56 Å². The SMILES string of the molecule is CCCNC(=NC)NCC1(c2ccc3c(c2)OCO3)CCOCC1.I. The fraction of sp³-hybridized carbons (Fsp3) is 0.611. The molecule has 2 N–H and O–H groups in total. The monoisotopic (exact) mass is 461 g/mol. The Morgan fingerprint density at radius 1 is 1.16 bits per heavy atom. The van der Waals surface area contributed by atoms with Gasteiger partial charge in [-0.15, -0.1) is 24.0 Å². The average Bonchev–Trinajstić information content (AvgIpc) is 3.10. The van der Waals surface area contributed by atoms with Crippen LogP contribution in [0.4, 0.5) is 0 Å². The minimum absolute atomic E-state index is 0. The predicted octanol–water partition coefficient (Wildman–Crippen LogP) is 2.66. The van der Waals surface area contributed by atoms with Crippen LogP contribution in [0.5, 0.6) is 11.5 Å². The van der Waals surface area contributed by atoms with Crippen LogP contribution in [-0.2, 0) is 10.2 Å². The summed E-state index contributed by atoms with van der Waals surface area (Å²) in [6.07, 6.45) is 3.02. The molecule has 1 fully saturated rings. The summed E-state index contributed by atoms with van der Waals surface area (Å²) in [5.74, 6) is 2.52. The summed E-state index contributed by atoms with van der Waals surface area (Å²) in [4.78, 5) is 4.31. The number of nitrogens with zero attached hydrogens (tertiary/aromatic N) is 1. The molecule has 2 heterocycles. The highest BCUT2D eigenvalue weighted by molar-refractivity contribution is 14.0. The summed E-state index contributed by atoms with van der Waals surface area (Å²) < 4.78 is 16.6. The molecule has 6 nitrogen and oxygen atoms in total. The van der Waals surface area contributed by atoms with Gasteiger partial charge in [0.2, 0.25) is 6.79 Å². The third-order valence-electron chi connectivity index (χ3n) is 4.80. The standard InChI is InChI=1S/C18H27N3O3.HI/c1-3-8-20-17(19-2)21-12-18(6-9-22-10-7-18)14-4-5-15-16(11-14)24-13-23-15;/h4-5,11H,3,6-10,12-13H2,1-2H3,(H2,19,20,21);1H. The van der Waals surface area contributed by atoms with Gasteiger partial charge in [0.25, 0.3) is 0 Å². The molecule has 0 aromatic heterocycles. The second kappa shape index (κ2) is 9.47. The molecule has 7 heteroatoms. The first-order chi connectivity index (χ1) is 11.8. The summed E-state index contributed by atoms with van der Waals surface area (Å²) in [5, 5.41) is 6.82. The molecule has 0 unspecified atom stereocenters. The van der Waals surface area contributed by atoms with Gasteiger partial charge in [0.15, 0.2) is 17.5 Å². The Balaban J connectivity index is 0.00000225. The normalized spacial score (nSPS) is 18.4. The molecule has 25 heavy (non-hydrogen) atoms. The van der Waals surface area contributed by atoms with Crippen molar-refractivity contribution in [2.75, 3.05) is 40.1 Å². The fourth-order valence-corrected chi connectivity index (χ4v) is 3.27. The van der Waals surface area contributed by atoms with Gasteiger partial charge in [0.05, 0.1) is 0 Å². The fourth-order valence-electron chi connectivity index (χ4n) is 3.27. The maximum absolute atomic E-state index is 5.61. The minimum Gasteiger partial charge on any atom is -0.454 e. The lowest BCUT2D eigenvalue weighted by atomic mass is 9.74. The van der Waals surface area contributed by atoms with Crippen LogP contribution in [0, 0.1) is 0 Å². The molecule has 2 aliphatic rings. The van der Waals surface area contributed by atoms with Gasteiger partial charge in [-0.1, -0.05) is 13.0 Å². The van der Waals surface area contributed by atoms with Crippen LogP contribution in [0.2, 0.25) is 0 Å². The Morgan fingerprint density at radius 3 is 2.64 bits per heavy atom. The van der Waals surface area contributed by atoms with E-state index in [4.69, 9.17) is 14.2 Å². The lowest BCUT2D eigenvalue weighted by molar-refractivity contribution is 0.0513. The van der Waals surface area contributed by atoms with E-state index < -0.39 is 0 Å². The molecule has 1 aromatic carbocycles. The molecule has 2 aliphatic heterocycles. The molecule has 0 atom stereocenters. The van der Waals surface area contributed by atoms with Crippen molar-refractivity contribution in [2.24, 2.45) is 4.99 Å². The van der Waals surface area contributed by atoms with Crippen LogP contribution in [-0.4, -0.2) is 46.1 Å². The molecule has 0 spiro atoms. The topological polar surface area (TPSA) is 64.1 Å². The maximum atomic E-state index is 5.61. The Morgan fingerprint density at radius 2 is 1.92 bits per heavy atom. The first kappa shape index (κ1) is 20.1. The van der Waals surface area contributed by atoms with Crippen molar-refractivity contribution in [2.45, 2.75) is 31.6 Å².